The number of rotatable bonds is 5. The highest BCUT2D eigenvalue weighted by Crippen LogP contribution is 2.38. The number of nitrogens with zero attached hydrogens (tertiary/aromatic N) is 2. The molecule has 0 spiro atoms. The number of benzene rings is 1. The topological polar surface area (TPSA) is 76.4 Å². The molecule has 28 heavy (non-hydrogen) atoms. The summed E-state index contributed by atoms with van der Waals surface area (Å²) in [6, 6.07) is 7.99. The summed E-state index contributed by atoms with van der Waals surface area (Å²) in [5, 5.41) is 17.6. The van der Waals surface area contributed by atoms with E-state index in [0.29, 0.717) is 17.9 Å². The number of aromatic nitrogens is 2. The number of carboxylic acid groups (broad SMARTS) is 1. The van der Waals surface area contributed by atoms with E-state index in [1.807, 2.05) is 63.6 Å². The Hall–Kier alpha value is -2.86. The van der Waals surface area contributed by atoms with Crippen LogP contribution in [0.1, 0.15) is 50.1 Å². The van der Waals surface area contributed by atoms with Crippen molar-refractivity contribution in [2.75, 3.05) is 0 Å². The van der Waals surface area contributed by atoms with Crippen molar-refractivity contribution in [1.82, 2.24) is 15.1 Å². The predicted molar refractivity (Wildman–Crippen MR) is 110 cm³/mol. The van der Waals surface area contributed by atoms with E-state index in [1.54, 1.807) is 6.20 Å². The molecule has 1 aromatic carbocycles. The van der Waals surface area contributed by atoms with Gasteiger partial charge in [-0.15, -0.1) is 0 Å². The average molecular weight is 381 g/mol. The molecule has 0 aliphatic carbocycles. The van der Waals surface area contributed by atoms with Gasteiger partial charge >= 0.3 is 5.97 Å². The van der Waals surface area contributed by atoms with Crippen molar-refractivity contribution in [3.8, 4) is 0 Å². The lowest BCUT2D eigenvalue weighted by Crippen LogP contribution is -2.40. The van der Waals surface area contributed by atoms with E-state index in [4.69, 9.17) is 4.74 Å². The molecular weight excluding hydrogens is 354 g/mol. The second-order valence-corrected chi connectivity index (χ2v) is 7.93. The maximum absolute atomic E-state index is 12.1. The SMILES string of the molecule is C=C1NC(C(OC(C)(C)C)C(=O)O)=C(c2ccc(C)cc2)c2cnn(CC)c21. The number of nitrogens with one attached hydrogen (secondary N) is 1. The third-order valence-electron chi connectivity index (χ3n) is 4.55. The van der Waals surface area contributed by atoms with Gasteiger partial charge in [0, 0.05) is 17.7 Å². The van der Waals surface area contributed by atoms with Crippen LogP contribution < -0.4 is 5.32 Å². The Bertz CT molecular complexity index is 946. The molecule has 2 heterocycles. The average Bonchev–Trinajstić information content (AvgIpc) is 3.04. The molecule has 0 amide bonds. The molecule has 1 unspecified atom stereocenters. The van der Waals surface area contributed by atoms with Gasteiger partial charge in [0.15, 0.2) is 6.10 Å². The van der Waals surface area contributed by atoms with Gasteiger partial charge in [0.2, 0.25) is 0 Å². The molecule has 148 valence electrons. The van der Waals surface area contributed by atoms with Gasteiger partial charge in [-0.3, -0.25) is 4.68 Å². The zero-order valence-corrected chi connectivity index (χ0v) is 17.0. The van der Waals surface area contributed by atoms with E-state index >= 15 is 0 Å². The van der Waals surface area contributed by atoms with Crippen molar-refractivity contribution in [2.24, 2.45) is 0 Å². The van der Waals surface area contributed by atoms with Crippen LogP contribution in [0.5, 0.6) is 0 Å². The molecule has 3 rings (SSSR count). The maximum atomic E-state index is 12.1. The fourth-order valence-corrected chi connectivity index (χ4v) is 3.37. The zero-order chi connectivity index (χ0) is 20.6. The second-order valence-electron chi connectivity index (χ2n) is 7.93. The van der Waals surface area contributed by atoms with E-state index in [0.717, 1.165) is 28.0 Å². The molecule has 0 saturated carbocycles. The van der Waals surface area contributed by atoms with Gasteiger partial charge in [-0.25, -0.2) is 4.79 Å². The number of fused-ring (bicyclic) bond motifs is 1. The van der Waals surface area contributed by atoms with E-state index in [2.05, 4.69) is 17.0 Å². The van der Waals surface area contributed by atoms with Crippen LogP contribution in [0.15, 0.2) is 42.7 Å². The molecule has 1 aromatic heterocycles. The first kappa shape index (κ1) is 19.9. The van der Waals surface area contributed by atoms with Gasteiger partial charge in [0.1, 0.15) is 0 Å². The summed E-state index contributed by atoms with van der Waals surface area (Å²) in [5.41, 5.74) is 4.98. The number of aliphatic carboxylic acids is 1. The Morgan fingerprint density at radius 3 is 2.50 bits per heavy atom. The summed E-state index contributed by atoms with van der Waals surface area (Å²) in [5.74, 6) is -1.05. The van der Waals surface area contributed by atoms with Crippen LogP contribution in [0, 0.1) is 6.92 Å². The molecule has 6 nitrogen and oxygen atoms in total. The first-order chi connectivity index (χ1) is 13.1. The summed E-state index contributed by atoms with van der Waals surface area (Å²) >= 11 is 0. The van der Waals surface area contributed by atoms with Crippen LogP contribution in [-0.2, 0) is 16.1 Å². The first-order valence-electron chi connectivity index (χ1n) is 9.36. The summed E-state index contributed by atoms with van der Waals surface area (Å²) in [4.78, 5) is 12.1. The first-order valence-corrected chi connectivity index (χ1v) is 9.36. The smallest absolute Gasteiger partial charge is 0.339 e. The highest BCUT2D eigenvalue weighted by Gasteiger charge is 2.36. The number of ether oxygens (including phenoxy) is 1. The summed E-state index contributed by atoms with van der Waals surface area (Å²) in [7, 11) is 0. The quantitative estimate of drug-likeness (QED) is 0.824. The van der Waals surface area contributed by atoms with Crippen molar-refractivity contribution in [3.63, 3.8) is 0 Å². The molecule has 0 radical (unpaired) electrons. The monoisotopic (exact) mass is 381 g/mol. The number of hydrogen-bond donors (Lipinski definition) is 2. The molecule has 2 N–H and O–H groups in total. The van der Waals surface area contributed by atoms with Crippen molar-refractivity contribution >= 4 is 17.2 Å². The fraction of sp³-hybridized carbons (Fsp3) is 0.364. The van der Waals surface area contributed by atoms with Crippen LogP contribution in [0.3, 0.4) is 0 Å². The summed E-state index contributed by atoms with van der Waals surface area (Å²) in [6.45, 7) is 14.3. The lowest BCUT2D eigenvalue weighted by atomic mass is 9.90. The lowest BCUT2D eigenvalue weighted by molar-refractivity contribution is -0.156. The van der Waals surface area contributed by atoms with Crippen LogP contribution in [-0.4, -0.2) is 32.6 Å². The Morgan fingerprint density at radius 2 is 1.96 bits per heavy atom. The normalized spacial score (nSPS) is 15.2. The van der Waals surface area contributed by atoms with Gasteiger partial charge in [0.25, 0.3) is 0 Å². The van der Waals surface area contributed by atoms with Gasteiger partial charge in [-0.2, -0.15) is 5.10 Å². The van der Waals surface area contributed by atoms with Crippen LogP contribution in [0.25, 0.3) is 11.3 Å². The largest absolute Gasteiger partial charge is 0.479 e. The number of hydrogen-bond acceptors (Lipinski definition) is 4. The Balaban J connectivity index is 2.28. The van der Waals surface area contributed by atoms with Crippen LogP contribution in [0.2, 0.25) is 0 Å². The highest BCUT2D eigenvalue weighted by molar-refractivity contribution is 5.94. The minimum absolute atomic E-state index is 0.472. The molecule has 1 aliphatic heterocycles. The minimum Gasteiger partial charge on any atom is -0.479 e. The maximum Gasteiger partial charge on any atom is 0.339 e. The number of carboxylic acids is 1. The van der Waals surface area contributed by atoms with Gasteiger partial charge in [-0.05, 0) is 40.2 Å². The summed E-state index contributed by atoms with van der Waals surface area (Å²) < 4.78 is 7.78. The third kappa shape index (κ3) is 3.73. The zero-order valence-electron chi connectivity index (χ0n) is 17.0. The predicted octanol–water partition coefficient (Wildman–Crippen LogP) is 3.81. The molecular formula is C22H27N3O3. The Morgan fingerprint density at radius 1 is 1.32 bits per heavy atom. The van der Waals surface area contributed by atoms with E-state index < -0.39 is 17.7 Å². The van der Waals surface area contributed by atoms with E-state index in [-0.39, 0.29) is 0 Å². The van der Waals surface area contributed by atoms with Gasteiger partial charge in [0.05, 0.1) is 28.9 Å². The highest BCUT2D eigenvalue weighted by atomic mass is 16.5. The van der Waals surface area contributed by atoms with Crippen molar-refractivity contribution < 1.29 is 14.6 Å². The molecule has 0 fully saturated rings. The van der Waals surface area contributed by atoms with Crippen molar-refractivity contribution in [2.45, 2.75) is 52.9 Å². The van der Waals surface area contributed by atoms with Gasteiger partial charge < -0.3 is 15.2 Å². The third-order valence-corrected chi connectivity index (χ3v) is 4.55. The van der Waals surface area contributed by atoms with Crippen molar-refractivity contribution in [1.29, 1.82) is 0 Å². The molecule has 0 bridgehead atoms. The van der Waals surface area contributed by atoms with Gasteiger partial charge in [-0.1, -0.05) is 36.4 Å². The summed E-state index contributed by atoms with van der Waals surface area (Å²) in [6.07, 6.45) is 0.613. The molecule has 6 heteroatoms. The lowest BCUT2D eigenvalue weighted by Gasteiger charge is -2.32. The second kappa shape index (κ2) is 7.28. The minimum atomic E-state index is -1.16. The molecule has 0 saturated heterocycles. The fourth-order valence-electron chi connectivity index (χ4n) is 3.37. The Labute approximate surface area is 165 Å². The van der Waals surface area contributed by atoms with E-state index in [9.17, 15) is 9.90 Å². The van der Waals surface area contributed by atoms with E-state index in [1.165, 1.54) is 0 Å². The van der Waals surface area contributed by atoms with Crippen LogP contribution >= 0.6 is 0 Å². The Kier molecular flexibility index (Phi) is 5.17. The molecule has 1 atom stereocenters. The standard InChI is InChI=1S/C22H27N3O3/c1-7-25-19-14(3)24-18(20(21(26)27)28-22(4,5)6)17(16(19)12-23-25)15-10-8-13(2)9-11-15/h8-12,20,24H,3,7H2,1-2,4-6H3,(H,26,27). The number of carbonyl (C=O) groups is 1. The molecule has 2 aromatic rings. The number of aryl methyl sites for hydroxylation is 2. The van der Waals surface area contributed by atoms with Crippen LogP contribution in [0.4, 0.5) is 0 Å². The van der Waals surface area contributed by atoms with Crippen molar-refractivity contribution in [3.05, 3.63) is 65.1 Å². The molecule has 1 aliphatic rings.